The van der Waals surface area contributed by atoms with Crippen LogP contribution in [0.1, 0.15) is 87.7 Å². The predicted octanol–water partition coefficient (Wildman–Crippen LogP) is 7.27. The molecule has 2 aromatic carbocycles. The average Bonchev–Trinajstić information content (AvgIpc) is 3.50. The number of nitriles is 1. The Morgan fingerprint density at radius 1 is 1.15 bits per heavy atom. The van der Waals surface area contributed by atoms with Crippen molar-refractivity contribution in [3.05, 3.63) is 69.2 Å². The third-order valence-electron chi connectivity index (χ3n) is 9.76. The molecule has 3 atom stereocenters. The maximum absolute atomic E-state index is 15.0. The van der Waals surface area contributed by atoms with E-state index in [4.69, 9.17) is 16.3 Å². The molecule has 3 aliphatic heterocycles. The van der Waals surface area contributed by atoms with Gasteiger partial charge in [-0.1, -0.05) is 37.6 Å². The molecule has 220 valence electrons. The molecule has 2 aromatic rings. The van der Waals surface area contributed by atoms with Crippen molar-refractivity contribution >= 4 is 17.5 Å². The maximum Gasteiger partial charge on any atom is 0.227 e. The first-order valence-corrected chi connectivity index (χ1v) is 15.2. The number of amides is 1. The first-order chi connectivity index (χ1) is 19.4. The number of fused-ring (bicyclic) bond motifs is 2. The lowest BCUT2D eigenvalue weighted by Gasteiger charge is -2.41. The summed E-state index contributed by atoms with van der Waals surface area (Å²) in [6, 6.07) is 10.4. The van der Waals surface area contributed by atoms with Crippen LogP contribution in [0.4, 0.5) is 8.78 Å². The van der Waals surface area contributed by atoms with Gasteiger partial charge in [-0.05, 0) is 80.8 Å². The van der Waals surface area contributed by atoms with Crippen LogP contribution >= 0.6 is 11.6 Å². The van der Waals surface area contributed by atoms with E-state index in [0.717, 1.165) is 35.6 Å². The summed E-state index contributed by atoms with van der Waals surface area (Å²) in [6.45, 7) is 12.1. The van der Waals surface area contributed by atoms with E-state index in [9.17, 15) is 14.4 Å². The van der Waals surface area contributed by atoms with Crippen molar-refractivity contribution < 1.29 is 18.3 Å². The highest BCUT2D eigenvalue weighted by molar-refractivity contribution is 6.31. The van der Waals surface area contributed by atoms with E-state index in [2.05, 4.69) is 24.8 Å². The molecule has 0 aromatic heterocycles. The molecule has 5 rings (SSSR count). The van der Waals surface area contributed by atoms with Gasteiger partial charge < -0.3 is 9.64 Å². The van der Waals surface area contributed by atoms with Crippen molar-refractivity contribution in [3.63, 3.8) is 0 Å². The molecule has 1 spiro atoms. The number of halogens is 3. The fraction of sp³-hybridized carbons (Fsp3) is 0.576. The molecule has 0 saturated carbocycles. The fourth-order valence-electron chi connectivity index (χ4n) is 7.28. The van der Waals surface area contributed by atoms with Gasteiger partial charge in [0.15, 0.2) is 0 Å². The molecular weight excluding hydrogens is 544 g/mol. The number of carbonyl (C=O) groups is 1. The lowest BCUT2D eigenvalue weighted by atomic mass is 9.79. The second-order valence-electron chi connectivity index (χ2n) is 12.6. The predicted molar refractivity (Wildman–Crippen MR) is 155 cm³/mol. The Morgan fingerprint density at radius 2 is 1.83 bits per heavy atom. The Hall–Kier alpha value is -2.53. The van der Waals surface area contributed by atoms with Gasteiger partial charge in [-0.15, -0.1) is 0 Å². The van der Waals surface area contributed by atoms with Crippen molar-refractivity contribution in [2.45, 2.75) is 84.0 Å². The Balaban J connectivity index is 1.40. The van der Waals surface area contributed by atoms with Crippen LogP contribution in [0.15, 0.2) is 30.3 Å². The molecule has 2 saturated heterocycles. The Labute approximate surface area is 247 Å². The standard InChI is InChI=1S/C33H40ClF2N3O2/c1-6-22(7-2)39-17-25(23-9-8-21(35)15-29(23)36)26(18-39)31(40)38-12-10-33(11-13-38)27-16-28(34)20(3)14-24(27)30(41-33)32(4,5)19-37/h8-9,14-16,22,25-26,30H,6-7,10-13,17-18H2,1-5H3/t25-,26+,30-/m0/s1. The molecule has 0 aliphatic carbocycles. The van der Waals surface area contributed by atoms with E-state index in [1.54, 1.807) is 0 Å². The summed E-state index contributed by atoms with van der Waals surface area (Å²) in [5.74, 6) is -1.95. The van der Waals surface area contributed by atoms with Crippen LogP contribution in [-0.4, -0.2) is 47.9 Å². The molecule has 0 radical (unpaired) electrons. The SMILES string of the molecule is CCC(CC)N1C[C@@H](C(=O)N2CCC3(CC2)O[C@H](C(C)(C)C#N)c2cc(C)c(Cl)cc23)[C@H](c2ccc(F)cc2F)C1. The van der Waals surface area contributed by atoms with Crippen LogP contribution < -0.4 is 0 Å². The number of rotatable bonds is 6. The van der Waals surface area contributed by atoms with Crippen LogP contribution in [0.2, 0.25) is 5.02 Å². The molecule has 8 heteroatoms. The van der Waals surface area contributed by atoms with Crippen molar-refractivity contribution in [3.8, 4) is 6.07 Å². The highest BCUT2D eigenvalue weighted by Gasteiger charge is 2.52. The van der Waals surface area contributed by atoms with Crippen LogP contribution in [0.5, 0.6) is 0 Å². The van der Waals surface area contributed by atoms with Crippen LogP contribution in [0.3, 0.4) is 0 Å². The third kappa shape index (κ3) is 5.28. The van der Waals surface area contributed by atoms with Gasteiger partial charge in [0.05, 0.1) is 23.0 Å². The van der Waals surface area contributed by atoms with Crippen LogP contribution in [-0.2, 0) is 15.1 Å². The largest absolute Gasteiger partial charge is 0.361 e. The van der Waals surface area contributed by atoms with E-state index < -0.39 is 34.7 Å². The summed E-state index contributed by atoms with van der Waals surface area (Å²) < 4.78 is 35.5. The van der Waals surface area contributed by atoms with Gasteiger partial charge in [-0.25, -0.2) is 8.78 Å². The minimum Gasteiger partial charge on any atom is -0.361 e. The van der Waals surface area contributed by atoms with E-state index in [0.29, 0.717) is 55.6 Å². The number of benzene rings is 2. The Kier molecular flexibility index (Phi) is 8.24. The third-order valence-corrected chi connectivity index (χ3v) is 10.2. The van der Waals surface area contributed by atoms with E-state index >= 15 is 4.39 Å². The molecular formula is C33H40ClF2N3O2. The van der Waals surface area contributed by atoms with Gasteiger partial charge in [0.2, 0.25) is 5.91 Å². The molecule has 2 fully saturated rings. The van der Waals surface area contributed by atoms with E-state index in [-0.39, 0.29) is 11.8 Å². The van der Waals surface area contributed by atoms with Crippen molar-refractivity contribution in [1.82, 2.24) is 9.80 Å². The lowest BCUT2D eigenvalue weighted by Crippen LogP contribution is -2.48. The maximum atomic E-state index is 15.0. The monoisotopic (exact) mass is 583 g/mol. The first kappa shape index (κ1) is 29.9. The zero-order valence-electron chi connectivity index (χ0n) is 24.6. The summed E-state index contributed by atoms with van der Waals surface area (Å²) in [4.78, 5) is 18.3. The second kappa shape index (κ2) is 11.3. The van der Waals surface area contributed by atoms with Gasteiger partial charge in [-0.2, -0.15) is 5.26 Å². The number of aryl methyl sites for hydroxylation is 1. The highest BCUT2D eigenvalue weighted by Crippen LogP contribution is 2.55. The Morgan fingerprint density at radius 3 is 2.44 bits per heavy atom. The lowest BCUT2D eigenvalue weighted by molar-refractivity contribution is -0.152. The molecule has 0 bridgehead atoms. The normalized spacial score (nSPS) is 24.2. The van der Waals surface area contributed by atoms with Gasteiger partial charge in [-0.3, -0.25) is 9.69 Å². The molecule has 1 amide bonds. The highest BCUT2D eigenvalue weighted by atomic mass is 35.5. The molecule has 0 N–H and O–H groups in total. The summed E-state index contributed by atoms with van der Waals surface area (Å²) in [7, 11) is 0. The van der Waals surface area contributed by atoms with Crippen molar-refractivity contribution in [2.75, 3.05) is 26.2 Å². The number of carbonyl (C=O) groups excluding carboxylic acids is 1. The van der Waals surface area contributed by atoms with Crippen LogP contribution in [0, 0.1) is 41.2 Å². The summed E-state index contributed by atoms with van der Waals surface area (Å²) in [6.07, 6.45) is 2.67. The van der Waals surface area contributed by atoms with Gasteiger partial charge in [0.1, 0.15) is 17.7 Å². The molecule has 41 heavy (non-hydrogen) atoms. The summed E-state index contributed by atoms with van der Waals surface area (Å²) in [5, 5.41) is 10.6. The van der Waals surface area contributed by atoms with Gasteiger partial charge in [0.25, 0.3) is 0 Å². The van der Waals surface area contributed by atoms with Gasteiger partial charge in [0, 0.05) is 49.2 Å². The number of hydrogen-bond acceptors (Lipinski definition) is 4. The Bertz CT molecular complexity index is 1360. The topological polar surface area (TPSA) is 56.6 Å². The molecule has 0 unspecified atom stereocenters. The van der Waals surface area contributed by atoms with E-state index in [1.807, 2.05) is 37.8 Å². The summed E-state index contributed by atoms with van der Waals surface area (Å²) >= 11 is 6.57. The fourth-order valence-corrected chi connectivity index (χ4v) is 7.44. The number of likely N-dealkylation sites (tertiary alicyclic amines) is 2. The zero-order chi connectivity index (χ0) is 29.7. The van der Waals surface area contributed by atoms with Crippen molar-refractivity contribution in [1.29, 1.82) is 5.26 Å². The van der Waals surface area contributed by atoms with Gasteiger partial charge >= 0.3 is 0 Å². The molecule has 3 heterocycles. The number of ether oxygens (including phenoxy) is 1. The van der Waals surface area contributed by atoms with Crippen LogP contribution in [0.25, 0.3) is 0 Å². The van der Waals surface area contributed by atoms with E-state index in [1.165, 1.54) is 12.1 Å². The zero-order valence-corrected chi connectivity index (χ0v) is 25.4. The number of piperidine rings is 1. The number of hydrogen-bond donors (Lipinski definition) is 0. The summed E-state index contributed by atoms with van der Waals surface area (Å²) in [5.41, 5.74) is 2.01. The number of nitrogens with zero attached hydrogens (tertiary/aromatic N) is 3. The van der Waals surface area contributed by atoms with Crippen molar-refractivity contribution in [2.24, 2.45) is 11.3 Å². The minimum absolute atomic E-state index is 0.0103. The second-order valence-corrected chi connectivity index (χ2v) is 13.0. The quantitative estimate of drug-likeness (QED) is 0.359. The average molecular weight is 584 g/mol. The first-order valence-electron chi connectivity index (χ1n) is 14.8. The molecule has 3 aliphatic rings. The smallest absolute Gasteiger partial charge is 0.227 e. The molecule has 5 nitrogen and oxygen atoms in total. The minimum atomic E-state index is -0.736.